The van der Waals surface area contributed by atoms with E-state index >= 15 is 0 Å². The van der Waals surface area contributed by atoms with Crippen molar-refractivity contribution < 1.29 is 24.5 Å². The minimum Gasteiger partial charge on any atom is -0.465 e. The summed E-state index contributed by atoms with van der Waals surface area (Å²) < 4.78 is 4.98. The van der Waals surface area contributed by atoms with E-state index in [-0.39, 0.29) is 13.2 Å². The Bertz CT molecular complexity index is 532. The Morgan fingerprint density at radius 2 is 2.05 bits per heavy atom. The van der Waals surface area contributed by atoms with E-state index in [2.05, 4.69) is 0 Å². The number of likely N-dealkylation sites (N-methyl/N-ethyl adjacent to an activating group) is 1. The normalized spacial score (nSPS) is 29.3. The topological polar surface area (TPSA) is 87.1 Å². The number of carbonyl (C=O) groups is 2. The maximum absolute atomic E-state index is 12.0. The zero-order valence-electron chi connectivity index (χ0n) is 12.0. The highest BCUT2D eigenvalue weighted by Crippen LogP contribution is 2.38. The van der Waals surface area contributed by atoms with Crippen LogP contribution in [0.1, 0.15) is 12.5 Å². The molecule has 1 aliphatic rings. The van der Waals surface area contributed by atoms with Crippen LogP contribution in [-0.2, 0) is 19.9 Å². The lowest BCUT2D eigenvalue weighted by molar-refractivity contribution is -0.190. The van der Waals surface area contributed by atoms with Crippen molar-refractivity contribution in [2.24, 2.45) is 5.92 Å². The molecule has 1 heterocycles. The number of ether oxygens (including phenoxy) is 1. The molecule has 114 valence electrons. The third-order valence-corrected chi connectivity index (χ3v) is 3.87. The smallest absolute Gasteiger partial charge is 0.302 e. The fourth-order valence-electron chi connectivity index (χ4n) is 2.68. The quantitative estimate of drug-likeness (QED) is 0.759. The van der Waals surface area contributed by atoms with Crippen LogP contribution in [0.2, 0.25) is 0 Å². The van der Waals surface area contributed by atoms with Crippen LogP contribution in [0.5, 0.6) is 0 Å². The number of amides is 1. The van der Waals surface area contributed by atoms with Crippen LogP contribution < -0.4 is 0 Å². The summed E-state index contributed by atoms with van der Waals surface area (Å²) in [6.45, 7) is 1.39. The van der Waals surface area contributed by atoms with Crippen molar-refractivity contribution in [3.05, 3.63) is 35.9 Å². The van der Waals surface area contributed by atoms with Gasteiger partial charge in [-0.2, -0.15) is 0 Å². The maximum atomic E-state index is 12.0. The fourth-order valence-corrected chi connectivity index (χ4v) is 2.68. The summed E-state index contributed by atoms with van der Waals surface area (Å²) in [5.41, 5.74) is -1.35. The number of likely N-dealkylation sites (tertiary alicyclic amines) is 1. The van der Waals surface area contributed by atoms with Gasteiger partial charge in [0.1, 0.15) is 5.60 Å². The predicted octanol–water partition coefficient (Wildman–Crippen LogP) is -0.114. The Morgan fingerprint density at radius 3 is 2.62 bits per heavy atom. The number of piperidine rings is 1. The molecular formula is C15H19NO5. The molecule has 0 spiro atoms. The van der Waals surface area contributed by atoms with E-state index in [1.54, 1.807) is 30.3 Å². The number of hydrogen-bond donors (Lipinski definition) is 2. The van der Waals surface area contributed by atoms with Crippen LogP contribution in [0.15, 0.2) is 30.3 Å². The predicted molar refractivity (Wildman–Crippen MR) is 74.1 cm³/mol. The SMILES string of the molecule is CC(=O)OCC1CN(C)C(=O)C(O)C1(O)c1ccccc1. The van der Waals surface area contributed by atoms with Crippen LogP contribution in [0.4, 0.5) is 0 Å². The monoisotopic (exact) mass is 293 g/mol. The standard InChI is InChI=1S/C15H19NO5/c1-10(17)21-9-12-8-16(2)14(19)13(18)15(12,20)11-6-4-3-5-7-11/h3-7,12-13,18,20H,8-9H2,1-2H3. The summed E-state index contributed by atoms with van der Waals surface area (Å²) in [5.74, 6) is -1.64. The minimum absolute atomic E-state index is 0.0740. The van der Waals surface area contributed by atoms with Gasteiger partial charge in [0, 0.05) is 26.4 Å². The van der Waals surface area contributed by atoms with Crippen LogP contribution >= 0.6 is 0 Å². The van der Waals surface area contributed by atoms with Gasteiger partial charge in [0.15, 0.2) is 6.10 Å². The number of esters is 1. The molecule has 1 aliphatic heterocycles. The molecule has 0 aliphatic carbocycles. The van der Waals surface area contributed by atoms with Gasteiger partial charge in [-0.1, -0.05) is 30.3 Å². The molecule has 6 nitrogen and oxygen atoms in total. The molecular weight excluding hydrogens is 274 g/mol. The first-order valence-electron chi connectivity index (χ1n) is 6.71. The highest BCUT2D eigenvalue weighted by Gasteiger charge is 2.53. The minimum atomic E-state index is -1.78. The highest BCUT2D eigenvalue weighted by molar-refractivity contribution is 5.83. The van der Waals surface area contributed by atoms with Gasteiger partial charge < -0.3 is 19.8 Å². The van der Waals surface area contributed by atoms with Crippen LogP contribution in [0.25, 0.3) is 0 Å². The first kappa shape index (κ1) is 15.5. The lowest BCUT2D eigenvalue weighted by Crippen LogP contribution is -2.62. The van der Waals surface area contributed by atoms with Crippen molar-refractivity contribution in [1.29, 1.82) is 0 Å². The average Bonchev–Trinajstić information content (AvgIpc) is 2.48. The first-order chi connectivity index (χ1) is 9.87. The van der Waals surface area contributed by atoms with Gasteiger partial charge in [0.25, 0.3) is 5.91 Å². The van der Waals surface area contributed by atoms with Crippen molar-refractivity contribution in [2.45, 2.75) is 18.6 Å². The summed E-state index contributed by atoms with van der Waals surface area (Å²) >= 11 is 0. The van der Waals surface area contributed by atoms with Crippen molar-refractivity contribution >= 4 is 11.9 Å². The third-order valence-electron chi connectivity index (χ3n) is 3.87. The van der Waals surface area contributed by atoms with Crippen LogP contribution in [0, 0.1) is 5.92 Å². The molecule has 2 N–H and O–H groups in total. The molecule has 1 aromatic rings. The Kier molecular flexibility index (Phi) is 4.29. The molecule has 3 atom stereocenters. The van der Waals surface area contributed by atoms with Crippen molar-refractivity contribution in [3.8, 4) is 0 Å². The maximum Gasteiger partial charge on any atom is 0.302 e. The van der Waals surface area contributed by atoms with Crippen molar-refractivity contribution in [1.82, 2.24) is 4.90 Å². The molecule has 0 saturated carbocycles. The van der Waals surface area contributed by atoms with Gasteiger partial charge in [0.2, 0.25) is 0 Å². The van der Waals surface area contributed by atoms with Gasteiger partial charge in [-0.3, -0.25) is 9.59 Å². The number of nitrogens with zero attached hydrogens (tertiary/aromatic N) is 1. The van der Waals surface area contributed by atoms with Gasteiger partial charge in [-0.05, 0) is 5.56 Å². The number of hydrogen-bond acceptors (Lipinski definition) is 5. The number of aliphatic hydroxyl groups is 2. The molecule has 1 fully saturated rings. The van der Waals surface area contributed by atoms with E-state index in [9.17, 15) is 19.8 Å². The second kappa shape index (κ2) is 5.83. The van der Waals surface area contributed by atoms with Crippen molar-refractivity contribution in [3.63, 3.8) is 0 Å². The van der Waals surface area contributed by atoms with Gasteiger partial charge >= 0.3 is 5.97 Å². The summed E-state index contributed by atoms with van der Waals surface area (Å²) in [7, 11) is 1.54. The first-order valence-corrected chi connectivity index (χ1v) is 6.71. The Morgan fingerprint density at radius 1 is 1.43 bits per heavy atom. The van der Waals surface area contributed by atoms with E-state index in [4.69, 9.17) is 4.74 Å². The van der Waals surface area contributed by atoms with Gasteiger partial charge in [0.05, 0.1) is 6.61 Å². The molecule has 1 saturated heterocycles. The number of benzene rings is 1. The largest absolute Gasteiger partial charge is 0.465 e. The van der Waals surface area contributed by atoms with Crippen molar-refractivity contribution in [2.75, 3.05) is 20.2 Å². The van der Waals surface area contributed by atoms with Gasteiger partial charge in [-0.15, -0.1) is 0 Å². The zero-order chi connectivity index (χ0) is 15.6. The number of rotatable bonds is 3. The molecule has 1 aromatic carbocycles. The lowest BCUT2D eigenvalue weighted by Gasteiger charge is -2.45. The Balaban J connectivity index is 2.39. The molecule has 0 bridgehead atoms. The fraction of sp³-hybridized carbons (Fsp3) is 0.467. The van der Waals surface area contributed by atoms with E-state index < -0.39 is 29.5 Å². The van der Waals surface area contributed by atoms with Gasteiger partial charge in [-0.25, -0.2) is 0 Å². The molecule has 1 amide bonds. The second-order valence-electron chi connectivity index (χ2n) is 5.31. The zero-order valence-corrected chi connectivity index (χ0v) is 12.0. The Labute approximate surface area is 122 Å². The third kappa shape index (κ3) is 2.77. The van der Waals surface area contributed by atoms with Crippen LogP contribution in [0.3, 0.4) is 0 Å². The summed E-state index contributed by atoms with van der Waals surface area (Å²) in [4.78, 5) is 24.3. The Hall–Kier alpha value is -1.92. The molecule has 3 unspecified atom stereocenters. The van der Waals surface area contributed by atoms with E-state index in [1.165, 1.54) is 18.9 Å². The number of carbonyl (C=O) groups excluding carboxylic acids is 2. The average molecular weight is 293 g/mol. The number of aliphatic hydroxyl groups excluding tert-OH is 1. The lowest BCUT2D eigenvalue weighted by atomic mass is 9.74. The molecule has 21 heavy (non-hydrogen) atoms. The summed E-state index contributed by atoms with van der Waals surface area (Å²) in [6.07, 6.45) is -1.60. The molecule has 6 heteroatoms. The molecule has 0 radical (unpaired) electrons. The van der Waals surface area contributed by atoms with E-state index in [0.29, 0.717) is 5.56 Å². The molecule has 0 aromatic heterocycles. The van der Waals surface area contributed by atoms with E-state index in [1.807, 2.05) is 0 Å². The molecule has 2 rings (SSSR count). The summed E-state index contributed by atoms with van der Waals surface area (Å²) in [6, 6.07) is 8.49. The summed E-state index contributed by atoms with van der Waals surface area (Å²) in [5, 5.41) is 21.3. The van der Waals surface area contributed by atoms with Crippen LogP contribution in [-0.4, -0.2) is 53.3 Å². The second-order valence-corrected chi connectivity index (χ2v) is 5.31. The highest BCUT2D eigenvalue weighted by atomic mass is 16.5. The van der Waals surface area contributed by atoms with E-state index in [0.717, 1.165) is 0 Å².